The molecule has 6 heavy (non-hydrogen) atoms. The molecule has 0 amide bonds. The molecule has 1 radical (unpaired) electrons. The zero-order valence-electron chi connectivity index (χ0n) is 3.22. The van der Waals surface area contributed by atoms with Gasteiger partial charge in [0.1, 0.15) is 0 Å². The molecule has 39 valence electrons. The Morgan fingerprint density at radius 3 is 2.50 bits per heavy atom. The minimum absolute atomic E-state index is 0. The van der Waals surface area contributed by atoms with Crippen LogP contribution in [0.1, 0.15) is 6.42 Å². The SMILES string of the molecule is [C-]1=CC=CC1.[Tm]. The number of hydrogen-bond donors (Lipinski definition) is 0. The molecule has 1 aliphatic rings. The molecule has 0 aromatic heterocycles. The van der Waals surface area contributed by atoms with Crippen molar-refractivity contribution in [2.75, 3.05) is 0 Å². The Labute approximate surface area is 67.1 Å². The van der Waals surface area contributed by atoms with Crippen LogP contribution in [-0.2, 0) is 0 Å². The van der Waals surface area contributed by atoms with E-state index < -0.39 is 0 Å². The monoisotopic (exact) mass is 234 g/mol. The minimum atomic E-state index is 0. The molecule has 0 saturated carbocycles. The molecule has 0 unspecified atom stereocenters. The van der Waals surface area contributed by atoms with Gasteiger partial charge in [-0.15, -0.1) is 6.42 Å². The molecule has 0 nitrogen and oxygen atoms in total. The van der Waals surface area contributed by atoms with E-state index in [1.807, 2.05) is 12.2 Å². The van der Waals surface area contributed by atoms with Gasteiger partial charge in [-0.05, 0) is 0 Å². The standard InChI is InChI=1S/C5H5.Tm/c1-2-4-5-3-1;/h1-3H,4H2;/q-1;. The molecular formula is C5H5Tm-. The second-order valence-corrected chi connectivity index (χ2v) is 1.00. The van der Waals surface area contributed by atoms with Crippen molar-refractivity contribution in [3.8, 4) is 0 Å². The zero-order valence-corrected chi connectivity index (χ0v) is 5.00. The first-order valence-electron chi connectivity index (χ1n) is 1.72. The summed E-state index contributed by atoms with van der Waals surface area (Å²) in [4.78, 5) is 0. The predicted molar refractivity (Wildman–Crippen MR) is 21.6 cm³/mol. The van der Waals surface area contributed by atoms with E-state index in [2.05, 4.69) is 12.2 Å². The summed E-state index contributed by atoms with van der Waals surface area (Å²) in [5.41, 5.74) is 0. The maximum atomic E-state index is 2.99. The fourth-order valence-corrected chi connectivity index (χ4v) is 0.340. The molecule has 1 heteroatoms. The average molecular weight is 234 g/mol. The van der Waals surface area contributed by atoms with Crippen LogP contribution in [0.4, 0.5) is 0 Å². The van der Waals surface area contributed by atoms with E-state index in [4.69, 9.17) is 0 Å². The first-order chi connectivity index (χ1) is 2.50. The second kappa shape index (κ2) is 3.89. The van der Waals surface area contributed by atoms with Crippen LogP contribution in [-0.4, -0.2) is 0 Å². The van der Waals surface area contributed by atoms with Crippen molar-refractivity contribution in [2.45, 2.75) is 6.42 Å². The quantitative estimate of drug-likeness (QED) is 0.554. The van der Waals surface area contributed by atoms with Crippen LogP contribution >= 0.6 is 0 Å². The molecular weight excluding hydrogens is 229 g/mol. The molecule has 0 bridgehead atoms. The van der Waals surface area contributed by atoms with Gasteiger partial charge in [-0.3, -0.25) is 6.08 Å². The average Bonchev–Trinajstić information content (AvgIpc) is 1.76. The van der Waals surface area contributed by atoms with Crippen molar-refractivity contribution in [2.24, 2.45) is 0 Å². The fraction of sp³-hybridized carbons (Fsp3) is 0.200. The first-order valence-corrected chi connectivity index (χ1v) is 1.72. The van der Waals surface area contributed by atoms with Gasteiger partial charge in [0, 0.05) is 36.9 Å². The third-order valence-corrected chi connectivity index (χ3v) is 0.586. The van der Waals surface area contributed by atoms with E-state index in [1.165, 1.54) is 0 Å². The summed E-state index contributed by atoms with van der Waals surface area (Å²) >= 11 is 0. The van der Waals surface area contributed by atoms with Crippen LogP contribution in [0.2, 0.25) is 0 Å². The van der Waals surface area contributed by atoms with Gasteiger partial charge in [-0.2, -0.15) is 6.08 Å². The molecule has 0 atom stereocenters. The normalized spacial score (nSPS) is 14.7. The smallest absolute Gasteiger partial charge is 0 e. The van der Waals surface area contributed by atoms with Gasteiger partial charge in [0.25, 0.3) is 0 Å². The maximum absolute atomic E-state index is 2.99. The van der Waals surface area contributed by atoms with Crippen LogP contribution in [0.5, 0.6) is 0 Å². The topological polar surface area (TPSA) is 0 Å². The molecule has 1 rings (SSSR count). The van der Waals surface area contributed by atoms with Crippen LogP contribution < -0.4 is 0 Å². The van der Waals surface area contributed by atoms with Gasteiger partial charge < -0.3 is 0 Å². The van der Waals surface area contributed by atoms with Crippen molar-refractivity contribution in [1.82, 2.24) is 0 Å². The molecule has 0 heterocycles. The molecule has 0 fully saturated rings. The van der Waals surface area contributed by atoms with Crippen LogP contribution in [0.3, 0.4) is 0 Å². The van der Waals surface area contributed by atoms with E-state index in [9.17, 15) is 0 Å². The maximum Gasteiger partial charge on any atom is 0 e. The van der Waals surface area contributed by atoms with Crippen molar-refractivity contribution in [3.63, 3.8) is 0 Å². The fourth-order valence-electron chi connectivity index (χ4n) is 0.340. The number of allylic oxidation sites excluding steroid dienone is 4. The summed E-state index contributed by atoms with van der Waals surface area (Å²) in [5.74, 6) is 0. The van der Waals surface area contributed by atoms with Gasteiger partial charge in [-0.25, -0.2) is 12.2 Å². The van der Waals surface area contributed by atoms with Crippen LogP contribution in [0, 0.1) is 43.0 Å². The Morgan fingerprint density at radius 1 is 1.50 bits per heavy atom. The molecule has 0 aromatic rings. The zero-order chi connectivity index (χ0) is 3.54. The molecule has 0 spiro atoms. The molecule has 0 N–H and O–H groups in total. The van der Waals surface area contributed by atoms with E-state index in [0.717, 1.165) is 6.42 Å². The van der Waals surface area contributed by atoms with Gasteiger partial charge in [-0.1, -0.05) is 0 Å². The summed E-state index contributed by atoms with van der Waals surface area (Å²) in [6.07, 6.45) is 10.0. The van der Waals surface area contributed by atoms with Crippen molar-refractivity contribution in [3.05, 3.63) is 24.3 Å². The van der Waals surface area contributed by atoms with E-state index in [-0.39, 0.29) is 36.9 Å². The van der Waals surface area contributed by atoms with E-state index >= 15 is 0 Å². The number of hydrogen-bond acceptors (Lipinski definition) is 0. The summed E-state index contributed by atoms with van der Waals surface area (Å²) < 4.78 is 0. The molecule has 1 aliphatic carbocycles. The summed E-state index contributed by atoms with van der Waals surface area (Å²) in [7, 11) is 0. The van der Waals surface area contributed by atoms with Gasteiger partial charge >= 0.3 is 0 Å². The van der Waals surface area contributed by atoms with Crippen molar-refractivity contribution in [1.29, 1.82) is 0 Å². The van der Waals surface area contributed by atoms with Gasteiger partial charge in [0.15, 0.2) is 0 Å². The van der Waals surface area contributed by atoms with Crippen molar-refractivity contribution >= 4 is 0 Å². The van der Waals surface area contributed by atoms with Crippen LogP contribution in [0.15, 0.2) is 18.2 Å². The summed E-state index contributed by atoms with van der Waals surface area (Å²) in [6.45, 7) is 0. The third-order valence-electron chi connectivity index (χ3n) is 0.586. The second-order valence-electron chi connectivity index (χ2n) is 1.00. The Morgan fingerprint density at radius 2 is 2.33 bits per heavy atom. The predicted octanol–water partition coefficient (Wildman–Crippen LogP) is 1.31. The van der Waals surface area contributed by atoms with E-state index in [1.54, 1.807) is 0 Å². The third kappa shape index (κ3) is 1.99. The molecule has 0 aromatic carbocycles. The molecule has 0 aliphatic heterocycles. The Kier molecular flexibility index (Phi) is 4.35. The minimum Gasteiger partial charge on any atom is -0.273 e. The Bertz CT molecular complexity index is 62.0. The van der Waals surface area contributed by atoms with Crippen molar-refractivity contribution < 1.29 is 36.9 Å². The molecule has 0 saturated heterocycles. The van der Waals surface area contributed by atoms with Gasteiger partial charge in [0.2, 0.25) is 0 Å². The van der Waals surface area contributed by atoms with Gasteiger partial charge in [0.05, 0.1) is 0 Å². The number of rotatable bonds is 0. The Balaban J connectivity index is 0.000000250. The van der Waals surface area contributed by atoms with Crippen LogP contribution in [0.25, 0.3) is 0 Å². The summed E-state index contributed by atoms with van der Waals surface area (Å²) in [6, 6.07) is 0. The first kappa shape index (κ1) is 6.71. The Hall–Kier alpha value is 0.714. The van der Waals surface area contributed by atoms with E-state index in [0.29, 0.717) is 0 Å². The summed E-state index contributed by atoms with van der Waals surface area (Å²) in [5, 5.41) is 0. The largest absolute Gasteiger partial charge is 0.273 e.